The highest BCUT2D eigenvalue weighted by atomic mass is 79.9. The molecule has 0 aliphatic carbocycles. The van der Waals surface area contributed by atoms with Crippen LogP contribution in [0.3, 0.4) is 0 Å². The van der Waals surface area contributed by atoms with Crippen LogP contribution in [0, 0.1) is 0 Å². The molecular formula is C16H24BrNO2. The maximum atomic E-state index is 5.83. The first-order chi connectivity index (χ1) is 9.63. The van der Waals surface area contributed by atoms with Crippen molar-refractivity contribution in [1.82, 2.24) is 5.32 Å². The van der Waals surface area contributed by atoms with Gasteiger partial charge in [-0.05, 0) is 44.4 Å². The van der Waals surface area contributed by atoms with Gasteiger partial charge in [-0.1, -0.05) is 22.9 Å². The first-order valence-corrected chi connectivity index (χ1v) is 8.16. The third kappa shape index (κ3) is 4.47. The molecule has 1 fully saturated rings. The molecule has 0 radical (unpaired) electrons. The summed E-state index contributed by atoms with van der Waals surface area (Å²) in [6.07, 6.45) is 3.15. The summed E-state index contributed by atoms with van der Waals surface area (Å²) in [5, 5.41) is 3.68. The van der Waals surface area contributed by atoms with Crippen LogP contribution in [-0.4, -0.2) is 25.4 Å². The Labute approximate surface area is 130 Å². The highest BCUT2D eigenvalue weighted by molar-refractivity contribution is 9.10. The second-order valence-electron chi connectivity index (χ2n) is 5.63. The lowest BCUT2D eigenvalue weighted by atomic mass is 9.92. The second-order valence-corrected chi connectivity index (χ2v) is 6.54. The predicted molar refractivity (Wildman–Crippen MR) is 85.2 cm³/mol. The van der Waals surface area contributed by atoms with E-state index in [2.05, 4.69) is 41.2 Å². The van der Waals surface area contributed by atoms with Crippen LogP contribution in [-0.2, 0) is 11.3 Å². The molecule has 20 heavy (non-hydrogen) atoms. The molecule has 0 bridgehead atoms. The first-order valence-electron chi connectivity index (χ1n) is 7.37. The van der Waals surface area contributed by atoms with E-state index in [4.69, 9.17) is 9.47 Å². The minimum absolute atomic E-state index is 0.169. The maximum Gasteiger partial charge on any atom is 0.123 e. The van der Waals surface area contributed by atoms with Crippen molar-refractivity contribution < 1.29 is 9.47 Å². The zero-order valence-corrected chi connectivity index (χ0v) is 14.0. The minimum Gasteiger partial charge on any atom is -0.493 e. The molecule has 1 N–H and O–H groups in total. The summed E-state index contributed by atoms with van der Waals surface area (Å²) in [5.41, 5.74) is 1.38. The van der Waals surface area contributed by atoms with E-state index in [1.165, 1.54) is 5.56 Å². The second kappa shape index (κ2) is 7.43. The largest absolute Gasteiger partial charge is 0.493 e. The standard InChI is InChI=1S/C16H24BrNO2/c1-3-8-20-15-5-4-14(17)11-13(15)12-18-16(2)6-9-19-10-7-16/h4-5,11,18H,3,6-10,12H2,1-2H3. The SMILES string of the molecule is CCCOc1ccc(Br)cc1CNC1(C)CCOCC1. The number of nitrogens with one attached hydrogen (secondary N) is 1. The van der Waals surface area contributed by atoms with Crippen LogP contribution in [0.1, 0.15) is 38.7 Å². The molecule has 0 amide bonds. The molecule has 4 heteroatoms. The molecule has 1 aromatic rings. The Morgan fingerprint density at radius 1 is 1.35 bits per heavy atom. The smallest absolute Gasteiger partial charge is 0.123 e. The minimum atomic E-state index is 0.169. The van der Waals surface area contributed by atoms with E-state index in [1.54, 1.807) is 0 Å². The van der Waals surface area contributed by atoms with Crippen molar-refractivity contribution in [3.05, 3.63) is 28.2 Å². The summed E-state index contributed by atoms with van der Waals surface area (Å²) in [5.74, 6) is 0.984. The number of rotatable bonds is 6. The lowest BCUT2D eigenvalue weighted by molar-refractivity contribution is 0.0445. The first kappa shape index (κ1) is 15.8. The van der Waals surface area contributed by atoms with E-state index in [9.17, 15) is 0 Å². The fourth-order valence-electron chi connectivity index (χ4n) is 2.35. The topological polar surface area (TPSA) is 30.5 Å². The van der Waals surface area contributed by atoms with Gasteiger partial charge in [0.2, 0.25) is 0 Å². The zero-order valence-electron chi connectivity index (χ0n) is 12.4. The van der Waals surface area contributed by atoms with Crippen molar-refractivity contribution in [2.45, 2.75) is 45.2 Å². The quantitative estimate of drug-likeness (QED) is 0.851. The molecule has 0 atom stereocenters. The lowest BCUT2D eigenvalue weighted by Gasteiger charge is -2.35. The summed E-state index contributed by atoms with van der Waals surface area (Å²) in [4.78, 5) is 0. The van der Waals surface area contributed by atoms with Crippen molar-refractivity contribution in [3.8, 4) is 5.75 Å². The zero-order chi connectivity index (χ0) is 14.4. The van der Waals surface area contributed by atoms with Gasteiger partial charge >= 0.3 is 0 Å². The van der Waals surface area contributed by atoms with Crippen LogP contribution < -0.4 is 10.1 Å². The van der Waals surface area contributed by atoms with Gasteiger partial charge < -0.3 is 14.8 Å². The number of halogens is 1. The highest BCUT2D eigenvalue weighted by Crippen LogP contribution is 2.26. The van der Waals surface area contributed by atoms with Gasteiger partial charge in [0.15, 0.2) is 0 Å². The van der Waals surface area contributed by atoms with Crippen molar-refractivity contribution in [2.24, 2.45) is 0 Å². The molecule has 0 aromatic heterocycles. The molecule has 1 aromatic carbocycles. The molecule has 1 aliphatic heterocycles. The molecule has 1 heterocycles. The van der Waals surface area contributed by atoms with Gasteiger partial charge in [0.25, 0.3) is 0 Å². The molecule has 1 aliphatic rings. The summed E-state index contributed by atoms with van der Waals surface area (Å²) in [6, 6.07) is 6.22. The molecule has 112 valence electrons. The van der Waals surface area contributed by atoms with Crippen LogP contribution in [0.5, 0.6) is 5.75 Å². The molecule has 0 unspecified atom stereocenters. The van der Waals surface area contributed by atoms with Crippen molar-refractivity contribution in [3.63, 3.8) is 0 Å². The van der Waals surface area contributed by atoms with E-state index in [-0.39, 0.29) is 5.54 Å². The van der Waals surface area contributed by atoms with Crippen molar-refractivity contribution >= 4 is 15.9 Å². The van der Waals surface area contributed by atoms with E-state index < -0.39 is 0 Å². The number of ether oxygens (including phenoxy) is 2. The van der Waals surface area contributed by atoms with Crippen LogP contribution in [0.15, 0.2) is 22.7 Å². The monoisotopic (exact) mass is 341 g/mol. The Hall–Kier alpha value is -0.580. The molecule has 0 saturated carbocycles. The number of hydrogen-bond acceptors (Lipinski definition) is 3. The fourth-order valence-corrected chi connectivity index (χ4v) is 2.75. The average Bonchev–Trinajstić information content (AvgIpc) is 2.45. The lowest BCUT2D eigenvalue weighted by Crippen LogP contribution is -2.46. The normalized spacial score (nSPS) is 17.9. The highest BCUT2D eigenvalue weighted by Gasteiger charge is 2.26. The molecule has 0 spiro atoms. The summed E-state index contributed by atoms with van der Waals surface area (Å²) < 4.78 is 12.4. The summed E-state index contributed by atoms with van der Waals surface area (Å²) in [7, 11) is 0. The Bertz CT molecular complexity index is 430. The Morgan fingerprint density at radius 2 is 2.10 bits per heavy atom. The van der Waals surface area contributed by atoms with E-state index in [0.717, 1.165) is 55.9 Å². The van der Waals surface area contributed by atoms with E-state index >= 15 is 0 Å². The Morgan fingerprint density at radius 3 is 2.80 bits per heavy atom. The van der Waals surface area contributed by atoms with Crippen LogP contribution in [0.25, 0.3) is 0 Å². The van der Waals surface area contributed by atoms with Crippen molar-refractivity contribution in [1.29, 1.82) is 0 Å². The van der Waals surface area contributed by atoms with E-state index in [1.807, 2.05) is 12.1 Å². The molecular weight excluding hydrogens is 318 g/mol. The molecule has 3 nitrogen and oxygen atoms in total. The number of benzene rings is 1. The number of hydrogen-bond donors (Lipinski definition) is 1. The Kier molecular flexibility index (Phi) is 5.87. The van der Waals surface area contributed by atoms with Crippen LogP contribution in [0.4, 0.5) is 0 Å². The third-order valence-corrected chi connectivity index (χ3v) is 4.28. The summed E-state index contributed by atoms with van der Waals surface area (Å²) in [6.45, 7) is 7.69. The van der Waals surface area contributed by atoms with Gasteiger partial charge in [-0.2, -0.15) is 0 Å². The van der Waals surface area contributed by atoms with E-state index in [0.29, 0.717) is 0 Å². The summed E-state index contributed by atoms with van der Waals surface area (Å²) >= 11 is 3.54. The predicted octanol–water partition coefficient (Wildman–Crippen LogP) is 3.90. The van der Waals surface area contributed by atoms with Crippen LogP contribution >= 0.6 is 15.9 Å². The van der Waals surface area contributed by atoms with Gasteiger partial charge in [0, 0.05) is 35.3 Å². The van der Waals surface area contributed by atoms with Gasteiger partial charge in [-0.15, -0.1) is 0 Å². The van der Waals surface area contributed by atoms with Crippen LogP contribution in [0.2, 0.25) is 0 Å². The van der Waals surface area contributed by atoms with Gasteiger partial charge in [-0.25, -0.2) is 0 Å². The van der Waals surface area contributed by atoms with Gasteiger partial charge in [0.1, 0.15) is 5.75 Å². The van der Waals surface area contributed by atoms with Gasteiger partial charge in [0.05, 0.1) is 6.61 Å². The Balaban J connectivity index is 2.01. The van der Waals surface area contributed by atoms with Crippen molar-refractivity contribution in [2.75, 3.05) is 19.8 Å². The van der Waals surface area contributed by atoms with Gasteiger partial charge in [-0.3, -0.25) is 0 Å². The molecule has 2 rings (SSSR count). The third-order valence-electron chi connectivity index (χ3n) is 3.79. The molecule has 1 saturated heterocycles. The average molecular weight is 342 g/mol. The maximum absolute atomic E-state index is 5.83. The fraction of sp³-hybridized carbons (Fsp3) is 0.625.